The van der Waals surface area contributed by atoms with Gasteiger partial charge in [0.2, 0.25) is 5.75 Å². The number of para-hydroxylation sites is 1. The number of methoxy groups -OCH3 is 3. The fourth-order valence-electron chi connectivity index (χ4n) is 3.15. The van der Waals surface area contributed by atoms with E-state index in [9.17, 15) is 9.59 Å². The van der Waals surface area contributed by atoms with Crippen molar-refractivity contribution < 1.29 is 28.5 Å². The van der Waals surface area contributed by atoms with Crippen molar-refractivity contribution in [2.75, 3.05) is 33.3 Å². The average Bonchev–Trinajstić information content (AvgIpc) is 2.86. The Bertz CT molecular complexity index is 1080. The minimum Gasteiger partial charge on any atom is -0.493 e. The van der Waals surface area contributed by atoms with Crippen LogP contribution in [-0.2, 0) is 11.3 Å². The van der Waals surface area contributed by atoms with E-state index in [0.717, 1.165) is 5.56 Å². The minimum atomic E-state index is -0.413. The van der Waals surface area contributed by atoms with Gasteiger partial charge in [0.25, 0.3) is 11.8 Å². The van der Waals surface area contributed by atoms with Gasteiger partial charge < -0.3 is 29.6 Å². The molecular weight excluding hydrogens is 424 g/mol. The molecule has 0 bridgehead atoms. The van der Waals surface area contributed by atoms with Gasteiger partial charge in [-0.2, -0.15) is 0 Å². The molecule has 0 fully saturated rings. The number of hydrogen-bond donors (Lipinski definition) is 2. The topological polar surface area (TPSA) is 95.1 Å². The van der Waals surface area contributed by atoms with Gasteiger partial charge in [0.1, 0.15) is 5.75 Å². The van der Waals surface area contributed by atoms with Crippen LogP contribution < -0.4 is 29.6 Å². The van der Waals surface area contributed by atoms with Crippen LogP contribution in [0.15, 0.2) is 66.7 Å². The molecule has 0 aromatic heterocycles. The van der Waals surface area contributed by atoms with Crippen molar-refractivity contribution in [3.8, 4) is 23.0 Å². The second-order valence-corrected chi connectivity index (χ2v) is 6.92. The third-order valence-corrected chi connectivity index (χ3v) is 4.73. The van der Waals surface area contributed by atoms with Gasteiger partial charge in [-0.05, 0) is 17.7 Å². The smallest absolute Gasteiger partial charge is 0.262 e. The molecule has 0 unspecified atom stereocenters. The van der Waals surface area contributed by atoms with Gasteiger partial charge in [0.05, 0.1) is 26.9 Å². The summed E-state index contributed by atoms with van der Waals surface area (Å²) < 4.78 is 21.5. The summed E-state index contributed by atoms with van der Waals surface area (Å²) in [5, 5.41) is 5.59. The molecule has 3 rings (SSSR count). The predicted octanol–water partition coefficient (Wildman–Crippen LogP) is 3.66. The number of rotatable bonds is 10. The molecule has 33 heavy (non-hydrogen) atoms. The van der Waals surface area contributed by atoms with Gasteiger partial charge >= 0.3 is 0 Å². The van der Waals surface area contributed by atoms with Crippen LogP contribution in [0.25, 0.3) is 0 Å². The molecule has 3 aromatic carbocycles. The van der Waals surface area contributed by atoms with Crippen LogP contribution in [-0.4, -0.2) is 39.8 Å². The molecule has 0 saturated heterocycles. The average molecular weight is 450 g/mol. The first-order valence-corrected chi connectivity index (χ1v) is 10.2. The highest BCUT2D eigenvalue weighted by molar-refractivity contribution is 5.97. The van der Waals surface area contributed by atoms with Crippen molar-refractivity contribution in [1.29, 1.82) is 0 Å². The number of carbonyl (C=O) groups excluding carboxylic acids is 2. The normalized spacial score (nSPS) is 10.2. The van der Waals surface area contributed by atoms with E-state index in [2.05, 4.69) is 10.6 Å². The molecule has 2 amide bonds. The number of hydrogen-bond acceptors (Lipinski definition) is 6. The molecule has 8 nitrogen and oxygen atoms in total. The molecule has 3 aromatic rings. The van der Waals surface area contributed by atoms with E-state index in [1.54, 1.807) is 36.4 Å². The van der Waals surface area contributed by atoms with Crippen molar-refractivity contribution in [2.24, 2.45) is 0 Å². The third-order valence-electron chi connectivity index (χ3n) is 4.73. The van der Waals surface area contributed by atoms with Crippen LogP contribution in [0, 0.1) is 0 Å². The Hall–Kier alpha value is -4.20. The Labute approximate surface area is 192 Å². The summed E-state index contributed by atoms with van der Waals surface area (Å²) in [5.41, 5.74) is 1.77. The molecule has 0 aliphatic heterocycles. The maximum atomic E-state index is 12.6. The zero-order chi connectivity index (χ0) is 23.6. The summed E-state index contributed by atoms with van der Waals surface area (Å²) in [6, 6.07) is 19.6. The van der Waals surface area contributed by atoms with Crippen LogP contribution in [0.4, 0.5) is 5.69 Å². The van der Waals surface area contributed by atoms with Crippen molar-refractivity contribution in [3.05, 3.63) is 77.9 Å². The van der Waals surface area contributed by atoms with Crippen molar-refractivity contribution >= 4 is 17.5 Å². The minimum absolute atomic E-state index is 0.292. The van der Waals surface area contributed by atoms with E-state index in [0.29, 0.717) is 40.8 Å². The van der Waals surface area contributed by atoms with E-state index < -0.39 is 5.91 Å². The summed E-state index contributed by atoms with van der Waals surface area (Å²) in [7, 11) is 4.48. The molecular formula is C25H26N2O6. The van der Waals surface area contributed by atoms with Gasteiger partial charge in [-0.15, -0.1) is 0 Å². The Balaban J connectivity index is 1.63. The molecule has 2 N–H and O–H groups in total. The zero-order valence-electron chi connectivity index (χ0n) is 18.7. The SMILES string of the molecule is COc1cc(NC(=O)COc2ccccc2C(=O)NCc2ccccc2)cc(OC)c1OC. The molecule has 0 radical (unpaired) electrons. The molecule has 172 valence electrons. The van der Waals surface area contributed by atoms with Gasteiger partial charge in [-0.25, -0.2) is 0 Å². The molecule has 0 aliphatic rings. The molecule has 0 spiro atoms. The highest BCUT2D eigenvalue weighted by atomic mass is 16.5. The molecule has 0 saturated carbocycles. The first-order chi connectivity index (χ1) is 16.0. The lowest BCUT2D eigenvalue weighted by Crippen LogP contribution is -2.25. The highest BCUT2D eigenvalue weighted by Crippen LogP contribution is 2.39. The van der Waals surface area contributed by atoms with Crippen molar-refractivity contribution in [1.82, 2.24) is 5.32 Å². The lowest BCUT2D eigenvalue weighted by Gasteiger charge is -2.15. The molecule has 8 heteroatoms. The largest absolute Gasteiger partial charge is 0.493 e. The monoisotopic (exact) mass is 450 g/mol. The van der Waals surface area contributed by atoms with E-state index >= 15 is 0 Å². The number of anilines is 1. The maximum absolute atomic E-state index is 12.6. The Morgan fingerprint density at radius 1 is 0.788 bits per heavy atom. The summed E-state index contributed by atoms with van der Waals surface area (Å²) in [4.78, 5) is 25.1. The van der Waals surface area contributed by atoms with Crippen LogP contribution in [0.2, 0.25) is 0 Å². The Morgan fingerprint density at radius 3 is 2.06 bits per heavy atom. The van der Waals surface area contributed by atoms with Crippen molar-refractivity contribution in [2.45, 2.75) is 6.54 Å². The first-order valence-electron chi connectivity index (χ1n) is 10.2. The van der Waals surface area contributed by atoms with E-state index in [1.807, 2.05) is 30.3 Å². The van der Waals surface area contributed by atoms with Gasteiger partial charge in [-0.3, -0.25) is 9.59 Å². The number of benzene rings is 3. The number of carbonyl (C=O) groups is 2. The van der Waals surface area contributed by atoms with Crippen molar-refractivity contribution in [3.63, 3.8) is 0 Å². The standard InChI is InChI=1S/C25H26N2O6/c1-30-21-13-18(14-22(31-2)24(21)32-3)27-23(28)16-33-20-12-8-7-11-19(20)25(29)26-15-17-9-5-4-6-10-17/h4-14H,15-16H2,1-3H3,(H,26,29)(H,27,28). The van der Waals surface area contributed by atoms with E-state index in [4.69, 9.17) is 18.9 Å². The fourth-order valence-corrected chi connectivity index (χ4v) is 3.15. The summed E-state index contributed by atoms with van der Waals surface area (Å²) in [6.07, 6.45) is 0. The van der Waals surface area contributed by atoms with Crippen LogP contribution >= 0.6 is 0 Å². The third kappa shape index (κ3) is 6.16. The molecule has 0 atom stereocenters. The molecule has 0 heterocycles. The van der Waals surface area contributed by atoms with Gasteiger partial charge in [-0.1, -0.05) is 42.5 Å². The highest BCUT2D eigenvalue weighted by Gasteiger charge is 2.16. The lowest BCUT2D eigenvalue weighted by atomic mass is 10.1. The van der Waals surface area contributed by atoms with Crippen LogP contribution in [0.3, 0.4) is 0 Å². The number of ether oxygens (including phenoxy) is 4. The van der Waals surface area contributed by atoms with Crippen LogP contribution in [0.1, 0.15) is 15.9 Å². The zero-order valence-corrected chi connectivity index (χ0v) is 18.7. The van der Waals surface area contributed by atoms with Gasteiger partial charge in [0.15, 0.2) is 18.1 Å². The van der Waals surface area contributed by atoms with Gasteiger partial charge in [0, 0.05) is 24.4 Å². The summed E-state index contributed by atoms with van der Waals surface area (Å²) in [5.74, 6) is 0.845. The van der Waals surface area contributed by atoms with E-state index in [-0.39, 0.29) is 12.5 Å². The predicted molar refractivity (Wildman–Crippen MR) is 124 cm³/mol. The second-order valence-electron chi connectivity index (χ2n) is 6.92. The second kappa shape index (κ2) is 11.4. The quantitative estimate of drug-likeness (QED) is 0.490. The number of amides is 2. The Kier molecular flexibility index (Phi) is 8.13. The fraction of sp³-hybridized carbons (Fsp3) is 0.200. The molecule has 0 aliphatic carbocycles. The lowest BCUT2D eigenvalue weighted by molar-refractivity contribution is -0.118. The summed E-state index contributed by atoms with van der Waals surface area (Å²) in [6.45, 7) is 0.0925. The van der Waals surface area contributed by atoms with E-state index in [1.165, 1.54) is 21.3 Å². The number of nitrogens with one attached hydrogen (secondary N) is 2. The van der Waals surface area contributed by atoms with Crippen LogP contribution in [0.5, 0.6) is 23.0 Å². The maximum Gasteiger partial charge on any atom is 0.262 e. The first kappa shape index (κ1) is 23.5. The Morgan fingerprint density at radius 2 is 1.42 bits per heavy atom. The summed E-state index contributed by atoms with van der Waals surface area (Å²) >= 11 is 0.